The molecule has 1 aliphatic heterocycles. The third-order valence-corrected chi connectivity index (χ3v) is 7.69. The van der Waals surface area contributed by atoms with E-state index in [1.54, 1.807) is 32.9 Å². The van der Waals surface area contributed by atoms with E-state index in [4.69, 9.17) is 15.9 Å². The van der Waals surface area contributed by atoms with Crippen molar-refractivity contribution in [1.82, 2.24) is 14.6 Å². The van der Waals surface area contributed by atoms with E-state index in [2.05, 4.69) is 15.6 Å². The molecule has 4 rings (SSSR count). The number of hydrogen-bond acceptors (Lipinski definition) is 7. The van der Waals surface area contributed by atoms with E-state index in [1.165, 1.54) is 12.1 Å². The van der Waals surface area contributed by atoms with Gasteiger partial charge in [-0.1, -0.05) is 24.1 Å². The summed E-state index contributed by atoms with van der Waals surface area (Å²) >= 11 is 0. The van der Waals surface area contributed by atoms with Crippen molar-refractivity contribution in [3.8, 4) is 18.1 Å². The van der Waals surface area contributed by atoms with Crippen molar-refractivity contribution in [1.29, 1.82) is 0 Å². The molecule has 0 spiro atoms. The molecule has 1 N–H and O–H groups in total. The van der Waals surface area contributed by atoms with Crippen LogP contribution in [0.25, 0.3) is 10.9 Å². The summed E-state index contributed by atoms with van der Waals surface area (Å²) < 4.78 is 40.6. The van der Waals surface area contributed by atoms with Crippen LogP contribution < -0.4 is 9.46 Å². The summed E-state index contributed by atoms with van der Waals surface area (Å²) in [5.74, 6) is 1.97. The fraction of sp³-hybridized carbons (Fsp3) is 0.379. The predicted octanol–water partition coefficient (Wildman–Crippen LogP) is 3.68. The molecule has 1 aromatic heterocycles. The number of carbonyl (C=O) groups excluding carboxylic acids is 1. The number of carbonyl (C=O) groups is 1. The van der Waals surface area contributed by atoms with Crippen LogP contribution in [-0.4, -0.2) is 55.5 Å². The van der Waals surface area contributed by atoms with Gasteiger partial charge in [0.15, 0.2) is 0 Å². The van der Waals surface area contributed by atoms with Crippen LogP contribution in [0.3, 0.4) is 0 Å². The van der Waals surface area contributed by atoms with Crippen LogP contribution in [0.15, 0.2) is 59.5 Å². The lowest BCUT2D eigenvalue weighted by Crippen LogP contribution is -2.44. The Balaban J connectivity index is 1.46. The second-order valence-electron chi connectivity index (χ2n) is 10.5. The van der Waals surface area contributed by atoms with Crippen LogP contribution in [0.2, 0.25) is 0 Å². The molecule has 2 aromatic carbocycles. The van der Waals surface area contributed by atoms with Crippen molar-refractivity contribution in [2.24, 2.45) is 5.92 Å². The Labute approximate surface area is 224 Å². The number of nitrogens with zero attached hydrogens (tertiary/aromatic N) is 2. The van der Waals surface area contributed by atoms with Crippen molar-refractivity contribution >= 4 is 26.9 Å². The zero-order valence-electron chi connectivity index (χ0n) is 22.1. The fourth-order valence-electron chi connectivity index (χ4n) is 4.54. The van der Waals surface area contributed by atoms with E-state index in [9.17, 15) is 13.2 Å². The van der Waals surface area contributed by atoms with Gasteiger partial charge in [0.2, 0.25) is 10.0 Å². The molecule has 0 radical (unpaired) electrons. The first-order chi connectivity index (χ1) is 17.9. The van der Waals surface area contributed by atoms with Crippen LogP contribution in [0.4, 0.5) is 0 Å². The van der Waals surface area contributed by atoms with Gasteiger partial charge < -0.3 is 9.47 Å². The lowest BCUT2D eigenvalue weighted by molar-refractivity contribution is -0.159. The highest BCUT2D eigenvalue weighted by Crippen LogP contribution is 2.25. The molecule has 2 atom stereocenters. The van der Waals surface area contributed by atoms with Gasteiger partial charge in [0.05, 0.1) is 22.9 Å². The molecule has 2 unspecified atom stereocenters. The Hall–Kier alpha value is -3.45. The lowest BCUT2D eigenvalue weighted by atomic mass is 10.0. The van der Waals surface area contributed by atoms with Crippen molar-refractivity contribution in [2.45, 2.75) is 50.8 Å². The number of terminal acetylenes is 1. The quantitative estimate of drug-likeness (QED) is 0.347. The monoisotopic (exact) mass is 535 g/mol. The highest BCUT2D eigenvalue weighted by Gasteiger charge is 2.41. The highest BCUT2D eigenvalue weighted by atomic mass is 32.2. The molecule has 0 saturated carbocycles. The van der Waals surface area contributed by atoms with Gasteiger partial charge in [0.1, 0.15) is 18.0 Å². The summed E-state index contributed by atoms with van der Waals surface area (Å²) in [6.45, 7) is 8.54. The number of hydrogen-bond donors (Lipinski definition) is 1. The lowest BCUT2D eigenvalue weighted by Gasteiger charge is -2.24. The van der Waals surface area contributed by atoms with Crippen molar-refractivity contribution in [2.75, 3.05) is 19.6 Å². The molecule has 200 valence electrons. The van der Waals surface area contributed by atoms with Gasteiger partial charge in [-0.2, -0.15) is 0 Å². The van der Waals surface area contributed by atoms with Crippen molar-refractivity contribution in [3.63, 3.8) is 0 Å². The molecular formula is C29H33N3O5S. The van der Waals surface area contributed by atoms with E-state index < -0.39 is 33.6 Å². The summed E-state index contributed by atoms with van der Waals surface area (Å²) in [5.41, 5.74) is 2.11. The van der Waals surface area contributed by atoms with Crippen LogP contribution in [-0.2, 0) is 26.2 Å². The number of ether oxygens (including phenoxy) is 2. The Morgan fingerprint density at radius 2 is 1.87 bits per heavy atom. The molecular weight excluding hydrogens is 502 g/mol. The number of nitrogens with one attached hydrogen (secondary N) is 1. The second-order valence-corrected chi connectivity index (χ2v) is 12.2. The zero-order valence-corrected chi connectivity index (χ0v) is 22.9. The summed E-state index contributed by atoms with van der Waals surface area (Å²) in [5, 5.41) is 1.01. The number of aryl methyl sites for hydroxylation is 1. The van der Waals surface area contributed by atoms with Crippen molar-refractivity contribution in [3.05, 3.63) is 65.9 Å². The molecule has 8 nitrogen and oxygen atoms in total. The zero-order chi connectivity index (χ0) is 27.5. The van der Waals surface area contributed by atoms with Gasteiger partial charge in [-0.25, -0.2) is 13.1 Å². The largest absolute Gasteiger partial charge is 0.489 e. The molecule has 0 amide bonds. The number of sulfonamides is 1. The molecule has 3 aromatic rings. The van der Waals surface area contributed by atoms with Gasteiger partial charge >= 0.3 is 5.97 Å². The third-order valence-electron chi connectivity index (χ3n) is 6.18. The van der Waals surface area contributed by atoms with Crippen molar-refractivity contribution < 1.29 is 22.7 Å². The smallest absolute Gasteiger partial charge is 0.312 e. The maximum absolute atomic E-state index is 13.2. The molecule has 0 aliphatic carbocycles. The van der Waals surface area contributed by atoms with Gasteiger partial charge in [-0.15, -0.1) is 6.42 Å². The SMILES string of the molecule is C#CCN1CC(NS(=O)(=O)c2ccc(OCc3cc(C)nc4ccccc34)cc2)C(C(=O)OC(C)(C)C)C1. The van der Waals surface area contributed by atoms with E-state index in [1.807, 2.05) is 42.2 Å². The first kappa shape index (κ1) is 27.6. The minimum absolute atomic E-state index is 0.0772. The Bertz CT molecular complexity index is 1460. The standard InChI is InChI=1S/C29H33N3O5S/c1-6-15-32-17-25(28(33)37-29(3,4)5)27(18-32)31-38(34,35)23-13-11-22(12-14-23)36-19-21-16-20(2)30-26-10-8-7-9-24(21)26/h1,7-14,16,25,27,31H,15,17-19H2,2-5H3. The predicted molar refractivity (Wildman–Crippen MR) is 146 cm³/mol. The van der Waals surface area contributed by atoms with E-state index >= 15 is 0 Å². The average Bonchev–Trinajstić information content (AvgIpc) is 3.23. The summed E-state index contributed by atoms with van der Waals surface area (Å²) in [6, 6.07) is 15.4. The van der Waals surface area contributed by atoms with Gasteiger partial charge in [0, 0.05) is 35.8 Å². The number of pyridine rings is 1. The number of rotatable bonds is 8. The normalized spacial score (nSPS) is 18.3. The number of para-hydroxylation sites is 1. The number of benzene rings is 2. The molecule has 38 heavy (non-hydrogen) atoms. The van der Waals surface area contributed by atoms with Crippen LogP contribution in [0.1, 0.15) is 32.0 Å². The molecule has 2 heterocycles. The summed E-state index contributed by atoms with van der Waals surface area (Å²) in [4.78, 5) is 19.3. The molecule has 0 bridgehead atoms. The number of esters is 1. The first-order valence-corrected chi connectivity index (χ1v) is 13.9. The summed E-state index contributed by atoms with van der Waals surface area (Å²) in [6.07, 6.45) is 5.44. The maximum Gasteiger partial charge on any atom is 0.312 e. The van der Waals surface area contributed by atoms with Crippen LogP contribution in [0.5, 0.6) is 5.75 Å². The Morgan fingerprint density at radius 1 is 1.16 bits per heavy atom. The molecule has 1 saturated heterocycles. The minimum atomic E-state index is -3.91. The third kappa shape index (κ3) is 6.70. The van der Waals surface area contributed by atoms with Gasteiger partial charge in [0.25, 0.3) is 0 Å². The number of aromatic nitrogens is 1. The Morgan fingerprint density at radius 3 is 2.55 bits per heavy atom. The first-order valence-electron chi connectivity index (χ1n) is 12.4. The molecule has 1 aliphatic rings. The van der Waals surface area contributed by atoms with Gasteiger partial charge in [-0.3, -0.25) is 14.7 Å². The van der Waals surface area contributed by atoms with Crippen LogP contribution in [0, 0.1) is 25.2 Å². The molecule has 9 heteroatoms. The van der Waals surface area contributed by atoms with E-state index in [0.717, 1.165) is 22.2 Å². The number of likely N-dealkylation sites (tertiary alicyclic amines) is 1. The Kier molecular flexibility index (Phi) is 8.07. The highest BCUT2D eigenvalue weighted by molar-refractivity contribution is 7.89. The number of fused-ring (bicyclic) bond motifs is 1. The fourth-order valence-corrected chi connectivity index (χ4v) is 5.80. The topological polar surface area (TPSA) is 97.8 Å². The van der Waals surface area contributed by atoms with E-state index in [-0.39, 0.29) is 4.90 Å². The second kappa shape index (κ2) is 11.1. The molecule has 1 fully saturated rings. The average molecular weight is 536 g/mol. The summed E-state index contributed by atoms with van der Waals surface area (Å²) in [7, 11) is -3.91. The van der Waals surface area contributed by atoms with Gasteiger partial charge in [-0.05, 0) is 64.1 Å². The minimum Gasteiger partial charge on any atom is -0.489 e. The maximum atomic E-state index is 13.2. The van der Waals surface area contributed by atoms with Crippen LogP contribution >= 0.6 is 0 Å². The van der Waals surface area contributed by atoms with E-state index in [0.29, 0.717) is 32.0 Å².